The number of nitrogens with zero attached hydrogens (tertiary/aromatic N) is 2. The topological polar surface area (TPSA) is 46.9 Å². The van der Waals surface area contributed by atoms with Crippen LogP contribution in [-0.2, 0) is 13.1 Å². The minimum absolute atomic E-state index is 0.122. The van der Waals surface area contributed by atoms with E-state index in [-0.39, 0.29) is 19.0 Å². The summed E-state index contributed by atoms with van der Waals surface area (Å²) in [4.78, 5) is 16.9. The first-order valence-corrected chi connectivity index (χ1v) is 9.31. The van der Waals surface area contributed by atoms with E-state index in [0.717, 1.165) is 11.0 Å². The van der Waals surface area contributed by atoms with E-state index in [1.165, 1.54) is 30.3 Å². The predicted octanol–water partition coefficient (Wildman–Crippen LogP) is 4.95. The summed E-state index contributed by atoms with van der Waals surface area (Å²) in [7, 11) is 0. The molecule has 29 heavy (non-hydrogen) atoms. The van der Waals surface area contributed by atoms with E-state index in [9.17, 15) is 13.6 Å². The second kappa shape index (κ2) is 8.01. The first-order valence-electron chi connectivity index (χ1n) is 8.94. The SMILES string of the molecule is O=C(NCc1nc2ccccc2n1Cc1c(F)cccc1Cl)c1ccc(F)cc1. The minimum atomic E-state index is -0.412. The third kappa shape index (κ3) is 3.98. The van der Waals surface area contributed by atoms with Gasteiger partial charge < -0.3 is 9.88 Å². The highest BCUT2D eigenvalue weighted by atomic mass is 35.5. The molecular weight excluding hydrogens is 396 g/mol. The molecule has 1 heterocycles. The summed E-state index contributed by atoms with van der Waals surface area (Å²) in [6, 6.07) is 17.3. The molecule has 1 amide bonds. The number of benzene rings is 3. The van der Waals surface area contributed by atoms with Crippen molar-refractivity contribution in [1.29, 1.82) is 0 Å². The largest absolute Gasteiger partial charge is 0.345 e. The zero-order valence-corrected chi connectivity index (χ0v) is 16.0. The minimum Gasteiger partial charge on any atom is -0.345 e. The van der Waals surface area contributed by atoms with Gasteiger partial charge in [-0.25, -0.2) is 13.8 Å². The Morgan fingerprint density at radius 1 is 1.00 bits per heavy atom. The smallest absolute Gasteiger partial charge is 0.251 e. The van der Waals surface area contributed by atoms with Crippen molar-refractivity contribution in [2.24, 2.45) is 0 Å². The maximum atomic E-state index is 14.3. The molecule has 146 valence electrons. The highest BCUT2D eigenvalue weighted by Crippen LogP contribution is 2.24. The van der Waals surface area contributed by atoms with Crippen LogP contribution < -0.4 is 5.32 Å². The molecule has 0 aliphatic heterocycles. The standard InChI is InChI=1S/C22H16ClF2N3O/c23-17-4-3-5-18(25)16(17)13-28-20-7-2-1-6-19(20)27-21(28)12-26-22(29)14-8-10-15(24)11-9-14/h1-11H,12-13H2,(H,26,29). The molecule has 4 aromatic rings. The van der Waals surface area contributed by atoms with Crippen molar-refractivity contribution in [2.45, 2.75) is 13.1 Å². The lowest BCUT2D eigenvalue weighted by atomic mass is 10.2. The number of para-hydroxylation sites is 2. The van der Waals surface area contributed by atoms with Gasteiger partial charge in [-0.05, 0) is 48.5 Å². The molecule has 0 saturated heterocycles. The van der Waals surface area contributed by atoms with Crippen molar-refractivity contribution < 1.29 is 13.6 Å². The van der Waals surface area contributed by atoms with Crippen molar-refractivity contribution >= 4 is 28.5 Å². The van der Waals surface area contributed by atoms with Gasteiger partial charge in [-0.15, -0.1) is 0 Å². The Hall–Kier alpha value is -3.25. The van der Waals surface area contributed by atoms with Crippen molar-refractivity contribution in [3.8, 4) is 0 Å². The fraction of sp³-hybridized carbons (Fsp3) is 0.0909. The molecule has 0 saturated carbocycles. The third-order valence-corrected chi connectivity index (χ3v) is 4.98. The second-order valence-electron chi connectivity index (χ2n) is 6.49. The lowest BCUT2D eigenvalue weighted by Gasteiger charge is -2.12. The number of rotatable bonds is 5. The van der Waals surface area contributed by atoms with Gasteiger partial charge in [-0.2, -0.15) is 0 Å². The number of aromatic nitrogens is 2. The average Bonchev–Trinajstić information content (AvgIpc) is 3.07. The quantitative estimate of drug-likeness (QED) is 0.505. The van der Waals surface area contributed by atoms with Crippen LogP contribution in [-0.4, -0.2) is 15.5 Å². The molecule has 4 rings (SSSR count). The van der Waals surface area contributed by atoms with Gasteiger partial charge in [0.15, 0.2) is 0 Å². The molecule has 0 aliphatic rings. The summed E-state index contributed by atoms with van der Waals surface area (Å²) in [5.74, 6) is -0.616. The lowest BCUT2D eigenvalue weighted by Crippen LogP contribution is -2.25. The number of hydrogen-bond donors (Lipinski definition) is 1. The highest BCUT2D eigenvalue weighted by Gasteiger charge is 2.16. The normalized spacial score (nSPS) is 11.0. The van der Waals surface area contributed by atoms with Crippen LogP contribution in [0, 0.1) is 11.6 Å². The molecule has 0 spiro atoms. The number of imidazole rings is 1. The number of halogens is 3. The maximum Gasteiger partial charge on any atom is 0.251 e. The fourth-order valence-corrected chi connectivity index (χ4v) is 3.36. The summed E-state index contributed by atoms with van der Waals surface area (Å²) < 4.78 is 29.2. The number of carbonyl (C=O) groups excluding carboxylic acids is 1. The average molecular weight is 412 g/mol. The van der Waals surface area contributed by atoms with Gasteiger partial charge in [0.1, 0.15) is 17.5 Å². The van der Waals surface area contributed by atoms with Crippen LogP contribution in [0.1, 0.15) is 21.7 Å². The Morgan fingerprint density at radius 3 is 2.52 bits per heavy atom. The Balaban J connectivity index is 1.64. The van der Waals surface area contributed by atoms with Crippen molar-refractivity contribution in [3.63, 3.8) is 0 Å². The Labute approximate surface area is 170 Å². The molecule has 0 bridgehead atoms. The van der Waals surface area contributed by atoms with Gasteiger partial charge in [-0.1, -0.05) is 29.8 Å². The van der Waals surface area contributed by atoms with Gasteiger partial charge in [0.05, 0.1) is 24.1 Å². The van der Waals surface area contributed by atoms with Gasteiger partial charge in [0, 0.05) is 16.1 Å². The number of amides is 1. The number of fused-ring (bicyclic) bond motifs is 1. The lowest BCUT2D eigenvalue weighted by molar-refractivity contribution is 0.0949. The van der Waals surface area contributed by atoms with E-state index >= 15 is 0 Å². The molecule has 4 nitrogen and oxygen atoms in total. The number of carbonyl (C=O) groups is 1. The van der Waals surface area contributed by atoms with Crippen molar-refractivity contribution in [1.82, 2.24) is 14.9 Å². The van der Waals surface area contributed by atoms with Crippen LogP contribution in [0.25, 0.3) is 11.0 Å². The molecule has 1 N–H and O–H groups in total. The van der Waals surface area contributed by atoms with Crippen LogP contribution in [0.3, 0.4) is 0 Å². The monoisotopic (exact) mass is 411 g/mol. The zero-order chi connectivity index (χ0) is 20.4. The van der Waals surface area contributed by atoms with Crippen molar-refractivity contribution in [2.75, 3.05) is 0 Å². The first-order chi connectivity index (χ1) is 14.0. The van der Waals surface area contributed by atoms with Gasteiger partial charge >= 0.3 is 0 Å². The van der Waals surface area contributed by atoms with Gasteiger partial charge in [0.2, 0.25) is 0 Å². The van der Waals surface area contributed by atoms with Gasteiger partial charge in [0.25, 0.3) is 5.91 Å². The number of nitrogens with one attached hydrogen (secondary N) is 1. The highest BCUT2D eigenvalue weighted by molar-refractivity contribution is 6.31. The predicted molar refractivity (Wildman–Crippen MR) is 108 cm³/mol. The molecule has 7 heteroatoms. The Bertz CT molecular complexity index is 1170. The van der Waals surface area contributed by atoms with Crippen LogP contribution in [0.2, 0.25) is 5.02 Å². The molecule has 1 aromatic heterocycles. The molecule has 0 atom stereocenters. The van der Waals surface area contributed by atoms with E-state index in [2.05, 4.69) is 10.3 Å². The molecule has 0 fully saturated rings. The van der Waals surface area contributed by atoms with E-state index in [1.54, 1.807) is 12.1 Å². The van der Waals surface area contributed by atoms with E-state index in [4.69, 9.17) is 11.6 Å². The summed E-state index contributed by atoms with van der Waals surface area (Å²) in [6.45, 7) is 0.296. The summed E-state index contributed by atoms with van der Waals surface area (Å²) in [5, 5.41) is 3.10. The Morgan fingerprint density at radius 2 is 1.76 bits per heavy atom. The van der Waals surface area contributed by atoms with E-state index < -0.39 is 11.6 Å². The fourth-order valence-electron chi connectivity index (χ4n) is 3.14. The Kier molecular flexibility index (Phi) is 5.27. The zero-order valence-electron chi connectivity index (χ0n) is 15.2. The second-order valence-corrected chi connectivity index (χ2v) is 6.90. The molecule has 0 radical (unpaired) electrons. The van der Waals surface area contributed by atoms with Crippen LogP contribution in [0.4, 0.5) is 8.78 Å². The van der Waals surface area contributed by atoms with E-state index in [0.29, 0.717) is 22.0 Å². The van der Waals surface area contributed by atoms with Crippen LogP contribution in [0.15, 0.2) is 66.7 Å². The summed E-state index contributed by atoms with van der Waals surface area (Å²) in [6.07, 6.45) is 0. The maximum absolute atomic E-state index is 14.3. The van der Waals surface area contributed by atoms with E-state index in [1.807, 2.05) is 28.8 Å². The summed E-state index contributed by atoms with van der Waals surface area (Å²) in [5.41, 5.74) is 2.22. The van der Waals surface area contributed by atoms with Gasteiger partial charge in [-0.3, -0.25) is 4.79 Å². The first kappa shape index (κ1) is 19.1. The molecular formula is C22H16ClF2N3O. The molecule has 3 aromatic carbocycles. The molecule has 0 aliphatic carbocycles. The van der Waals surface area contributed by atoms with Crippen LogP contribution in [0.5, 0.6) is 0 Å². The third-order valence-electron chi connectivity index (χ3n) is 4.62. The van der Waals surface area contributed by atoms with Crippen LogP contribution >= 0.6 is 11.6 Å². The molecule has 0 unspecified atom stereocenters. The number of hydrogen-bond acceptors (Lipinski definition) is 2. The van der Waals surface area contributed by atoms with Crippen molar-refractivity contribution in [3.05, 3.63) is 100 Å². The summed E-state index contributed by atoms with van der Waals surface area (Å²) >= 11 is 6.20.